The van der Waals surface area contributed by atoms with Crippen LogP contribution in [-0.2, 0) is 5.41 Å². The number of hydrogen-bond acceptors (Lipinski definition) is 3. The molecule has 0 aliphatic heterocycles. The molecule has 0 unspecified atom stereocenters. The van der Waals surface area contributed by atoms with Crippen LogP contribution in [0.5, 0.6) is 11.5 Å². The number of phenols is 1. The molecule has 0 atom stereocenters. The molecule has 80 valence electrons. The lowest BCUT2D eigenvalue weighted by Crippen LogP contribution is -2.17. The quantitative estimate of drug-likeness (QED) is 0.813. The van der Waals surface area contributed by atoms with Gasteiger partial charge in [-0.3, -0.25) is 0 Å². The fraction of sp³-hybridized carbons (Fsp3) is 0.364. The minimum absolute atomic E-state index is 0.158. The molecule has 0 aromatic heterocycles. The van der Waals surface area contributed by atoms with Crippen LogP contribution in [0.15, 0.2) is 12.1 Å². The highest BCUT2D eigenvalue weighted by atomic mass is 19.1. The third-order valence-electron chi connectivity index (χ3n) is 2.16. The van der Waals surface area contributed by atoms with Crippen molar-refractivity contribution in [2.45, 2.75) is 19.3 Å². The smallest absolute Gasteiger partial charge is 0.135 e. The van der Waals surface area contributed by atoms with Crippen molar-refractivity contribution < 1.29 is 14.2 Å². The predicted octanol–water partition coefficient (Wildman–Crippen LogP) is 2.34. The van der Waals surface area contributed by atoms with Gasteiger partial charge in [0, 0.05) is 17.7 Å². The molecule has 0 fully saturated rings. The minimum atomic E-state index is -0.997. The lowest BCUT2D eigenvalue weighted by molar-refractivity contribution is 0.386. The van der Waals surface area contributed by atoms with Gasteiger partial charge >= 0.3 is 0 Å². The number of halogens is 1. The van der Waals surface area contributed by atoms with E-state index in [1.807, 2.05) is 6.07 Å². The summed E-state index contributed by atoms with van der Waals surface area (Å²) in [5.74, 6) is -0.681. The van der Waals surface area contributed by atoms with Crippen LogP contribution in [-0.4, -0.2) is 12.2 Å². The molecular weight excluding hydrogens is 197 g/mol. The van der Waals surface area contributed by atoms with E-state index in [4.69, 9.17) is 10.00 Å². The average molecular weight is 209 g/mol. The van der Waals surface area contributed by atoms with E-state index < -0.39 is 11.2 Å². The highest BCUT2D eigenvalue weighted by Crippen LogP contribution is 2.36. The summed E-state index contributed by atoms with van der Waals surface area (Å²) in [7, 11) is 1.37. The monoisotopic (exact) mass is 209 g/mol. The van der Waals surface area contributed by atoms with Gasteiger partial charge in [0.05, 0.1) is 18.6 Å². The first-order valence-electron chi connectivity index (χ1n) is 4.40. The van der Waals surface area contributed by atoms with Gasteiger partial charge < -0.3 is 9.84 Å². The number of rotatable bonds is 2. The van der Waals surface area contributed by atoms with Gasteiger partial charge in [0.15, 0.2) is 0 Å². The number of aromatic hydroxyl groups is 1. The maximum atomic E-state index is 13.6. The van der Waals surface area contributed by atoms with Crippen molar-refractivity contribution in [3.05, 3.63) is 23.5 Å². The Balaban J connectivity index is 3.48. The number of hydrogen-bond donors (Lipinski definition) is 1. The summed E-state index contributed by atoms with van der Waals surface area (Å²) in [6.07, 6.45) is 0. The molecule has 1 rings (SSSR count). The second kappa shape index (κ2) is 3.77. The minimum Gasteiger partial charge on any atom is -0.508 e. The summed E-state index contributed by atoms with van der Waals surface area (Å²) < 4.78 is 18.5. The molecule has 0 aliphatic rings. The van der Waals surface area contributed by atoms with Gasteiger partial charge in [-0.2, -0.15) is 5.26 Å². The molecule has 0 radical (unpaired) electrons. The van der Waals surface area contributed by atoms with Crippen molar-refractivity contribution in [3.63, 3.8) is 0 Å². The summed E-state index contributed by atoms with van der Waals surface area (Å²) >= 11 is 0. The Labute approximate surface area is 87.7 Å². The summed E-state index contributed by atoms with van der Waals surface area (Å²) in [5, 5.41) is 18.1. The van der Waals surface area contributed by atoms with Crippen LogP contribution in [0, 0.1) is 17.1 Å². The molecule has 4 heteroatoms. The molecule has 15 heavy (non-hydrogen) atoms. The van der Waals surface area contributed by atoms with Gasteiger partial charge in [-0.25, -0.2) is 4.39 Å². The van der Waals surface area contributed by atoms with Gasteiger partial charge in [-0.15, -0.1) is 0 Å². The Morgan fingerprint density at radius 2 is 2.07 bits per heavy atom. The Kier molecular flexibility index (Phi) is 2.85. The topological polar surface area (TPSA) is 53.2 Å². The van der Waals surface area contributed by atoms with Crippen LogP contribution >= 0.6 is 0 Å². The Hall–Kier alpha value is -1.76. The molecule has 3 nitrogen and oxygen atoms in total. The van der Waals surface area contributed by atoms with Crippen LogP contribution < -0.4 is 4.74 Å². The van der Waals surface area contributed by atoms with Crippen LogP contribution in [0.25, 0.3) is 0 Å². The number of ether oxygens (including phenoxy) is 1. The first-order chi connectivity index (χ1) is 6.92. The van der Waals surface area contributed by atoms with E-state index in [1.165, 1.54) is 13.2 Å². The zero-order chi connectivity index (χ0) is 11.6. The SMILES string of the molecule is COc1cc(O)cc(F)c1C(C)(C)C#N. The second-order valence-corrected chi connectivity index (χ2v) is 3.74. The molecule has 0 aliphatic carbocycles. The summed E-state index contributed by atoms with van der Waals surface area (Å²) in [4.78, 5) is 0. The maximum absolute atomic E-state index is 13.6. The summed E-state index contributed by atoms with van der Waals surface area (Å²) in [6.45, 7) is 3.18. The predicted molar refractivity (Wildman–Crippen MR) is 53.3 cm³/mol. The summed E-state index contributed by atoms with van der Waals surface area (Å²) in [5.41, 5.74) is -0.839. The Morgan fingerprint density at radius 1 is 1.47 bits per heavy atom. The fourth-order valence-corrected chi connectivity index (χ4v) is 1.39. The molecule has 1 N–H and O–H groups in total. The third-order valence-corrected chi connectivity index (χ3v) is 2.16. The molecule has 0 amide bonds. The van der Waals surface area contributed by atoms with E-state index in [2.05, 4.69) is 0 Å². The average Bonchev–Trinajstić information content (AvgIpc) is 2.15. The van der Waals surface area contributed by atoms with E-state index in [-0.39, 0.29) is 17.1 Å². The standard InChI is InChI=1S/C11H12FNO2/c1-11(2,6-13)10-8(12)4-7(14)5-9(10)15-3/h4-5,14H,1-3H3. The van der Waals surface area contributed by atoms with Crippen LogP contribution in [0.1, 0.15) is 19.4 Å². The van der Waals surface area contributed by atoms with Gasteiger partial charge in [0.1, 0.15) is 17.3 Å². The van der Waals surface area contributed by atoms with E-state index >= 15 is 0 Å². The molecular formula is C11H12FNO2. The van der Waals surface area contributed by atoms with Crippen molar-refractivity contribution in [1.82, 2.24) is 0 Å². The maximum Gasteiger partial charge on any atom is 0.135 e. The fourth-order valence-electron chi connectivity index (χ4n) is 1.39. The van der Waals surface area contributed by atoms with E-state index in [0.29, 0.717) is 0 Å². The molecule has 0 spiro atoms. The second-order valence-electron chi connectivity index (χ2n) is 3.74. The van der Waals surface area contributed by atoms with Gasteiger partial charge in [-0.05, 0) is 13.8 Å². The number of phenolic OH excluding ortho intramolecular Hbond substituents is 1. The Morgan fingerprint density at radius 3 is 2.53 bits per heavy atom. The van der Waals surface area contributed by atoms with Gasteiger partial charge in [0.25, 0.3) is 0 Å². The number of methoxy groups -OCH3 is 1. The highest BCUT2D eigenvalue weighted by Gasteiger charge is 2.28. The third kappa shape index (κ3) is 2.01. The number of benzene rings is 1. The normalized spacial score (nSPS) is 10.9. The molecule has 0 heterocycles. The van der Waals surface area contributed by atoms with Crippen molar-refractivity contribution in [2.75, 3.05) is 7.11 Å². The van der Waals surface area contributed by atoms with Gasteiger partial charge in [-0.1, -0.05) is 0 Å². The van der Waals surface area contributed by atoms with Gasteiger partial charge in [0.2, 0.25) is 0 Å². The van der Waals surface area contributed by atoms with Crippen molar-refractivity contribution in [2.24, 2.45) is 0 Å². The number of nitrogens with zero attached hydrogens (tertiary/aromatic N) is 1. The zero-order valence-electron chi connectivity index (χ0n) is 8.84. The van der Waals surface area contributed by atoms with Crippen LogP contribution in [0.4, 0.5) is 4.39 Å². The molecule has 0 saturated heterocycles. The highest BCUT2D eigenvalue weighted by molar-refractivity contribution is 5.47. The largest absolute Gasteiger partial charge is 0.508 e. The lowest BCUT2D eigenvalue weighted by atomic mass is 9.85. The van der Waals surface area contributed by atoms with E-state index in [9.17, 15) is 9.50 Å². The molecule has 1 aromatic carbocycles. The number of nitriles is 1. The van der Waals surface area contributed by atoms with Crippen LogP contribution in [0.3, 0.4) is 0 Å². The van der Waals surface area contributed by atoms with Crippen molar-refractivity contribution in [3.8, 4) is 17.6 Å². The van der Waals surface area contributed by atoms with Crippen molar-refractivity contribution in [1.29, 1.82) is 5.26 Å². The van der Waals surface area contributed by atoms with Crippen LogP contribution in [0.2, 0.25) is 0 Å². The van der Waals surface area contributed by atoms with Crippen molar-refractivity contribution >= 4 is 0 Å². The lowest BCUT2D eigenvalue weighted by Gasteiger charge is -2.20. The Bertz CT molecular complexity index is 421. The first kappa shape index (κ1) is 11.3. The van der Waals surface area contributed by atoms with E-state index in [1.54, 1.807) is 13.8 Å². The zero-order valence-corrected chi connectivity index (χ0v) is 8.84. The molecule has 1 aromatic rings. The molecule has 0 bridgehead atoms. The first-order valence-corrected chi connectivity index (χ1v) is 4.40. The summed E-state index contributed by atoms with van der Waals surface area (Å²) in [6, 6.07) is 4.25. The molecule has 0 saturated carbocycles. The van der Waals surface area contributed by atoms with E-state index in [0.717, 1.165) is 6.07 Å².